The minimum absolute atomic E-state index is 0.318. The predicted molar refractivity (Wildman–Crippen MR) is 132 cm³/mol. The van der Waals surface area contributed by atoms with Crippen LogP contribution in [0.1, 0.15) is 11.7 Å². The third-order valence-corrected chi connectivity index (χ3v) is 6.65. The maximum atomic E-state index is 6.26. The second-order valence-corrected chi connectivity index (χ2v) is 9.22. The Morgan fingerprint density at radius 2 is 1.16 bits per heavy atom. The van der Waals surface area contributed by atoms with Crippen molar-refractivity contribution >= 4 is 44.5 Å². The molecule has 0 radical (unpaired) electrons. The van der Waals surface area contributed by atoms with Gasteiger partial charge in [-0.1, -0.05) is 107 Å². The first kappa shape index (κ1) is 20.6. The molecule has 0 fully saturated rings. The lowest BCUT2D eigenvalue weighted by molar-refractivity contribution is 0.880. The van der Waals surface area contributed by atoms with Gasteiger partial charge in [-0.05, 0) is 17.7 Å². The van der Waals surface area contributed by atoms with Gasteiger partial charge < -0.3 is 10.6 Å². The third kappa shape index (κ3) is 4.77. The number of halogens is 1. The van der Waals surface area contributed by atoms with E-state index < -0.39 is 0 Å². The van der Waals surface area contributed by atoms with Crippen LogP contribution < -0.4 is 10.6 Å². The van der Waals surface area contributed by atoms with Crippen LogP contribution in [0.3, 0.4) is 0 Å². The van der Waals surface area contributed by atoms with Crippen molar-refractivity contribution in [2.24, 2.45) is 0 Å². The fourth-order valence-corrected chi connectivity index (χ4v) is 4.85. The normalized spacial score (nSPS) is 10.9. The van der Waals surface area contributed by atoms with Crippen LogP contribution in [0.25, 0.3) is 21.1 Å². The summed E-state index contributed by atoms with van der Waals surface area (Å²) >= 11 is 9.23. The number of aromatic nitrogens is 4. The van der Waals surface area contributed by atoms with Gasteiger partial charge in [-0.3, -0.25) is 0 Å². The average molecular weight is 477 g/mol. The van der Waals surface area contributed by atoms with Crippen LogP contribution in [-0.4, -0.2) is 20.4 Å². The smallest absolute Gasteiger partial charge is 0.207 e. The molecule has 2 aromatic heterocycles. The Morgan fingerprint density at radius 1 is 0.625 bits per heavy atom. The summed E-state index contributed by atoms with van der Waals surface area (Å²) in [6.07, 6.45) is -0.318. The number of nitrogens with one attached hydrogen (secondary N) is 2. The topological polar surface area (TPSA) is 75.6 Å². The highest BCUT2D eigenvalue weighted by atomic mass is 35.5. The van der Waals surface area contributed by atoms with Crippen molar-refractivity contribution in [2.45, 2.75) is 6.17 Å². The molecule has 3 aromatic carbocycles. The standard InChI is InChI=1S/C23H17ClN6S2/c24-18-13-7-12-17(14-18)19(25-22-29-27-20(31-22)15-8-3-1-4-9-15)26-23-30-28-21(32-23)16-10-5-2-6-11-16/h1-14,19H,(H,25,29)(H,26,30). The van der Waals surface area contributed by atoms with E-state index in [1.807, 2.05) is 84.9 Å². The monoisotopic (exact) mass is 476 g/mol. The summed E-state index contributed by atoms with van der Waals surface area (Å²) in [5.74, 6) is 0. The minimum Gasteiger partial charge on any atom is -0.336 e. The summed E-state index contributed by atoms with van der Waals surface area (Å²) in [4.78, 5) is 0. The van der Waals surface area contributed by atoms with Gasteiger partial charge in [0, 0.05) is 16.1 Å². The fourth-order valence-electron chi connectivity index (χ4n) is 3.09. The van der Waals surface area contributed by atoms with E-state index >= 15 is 0 Å². The molecule has 0 aliphatic carbocycles. The molecule has 0 saturated carbocycles. The van der Waals surface area contributed by atoms with Crippen LogP contribution in [0.2, 0.25) is 5.02 Å². The second-order valence-electron chi connectivity index (χ2n) is 6.83. The first-order valence-corrected chi connectivity index (χ1v) is 11.8. The van der Waals surface area contributed by atoms with Gasteiger partial charge in [-0.15, -0.1) is 20.4 Å². The molecule has 2 heterocycles. The molecule has 0 amide bonds. The summed E-state index contributed by atoms with van der Waals surface area (Å²) < 4.78 is 0. The molecule has 32 heavy (non-hydrogen) atoms. The van der Waals surface area contributed by atoms with Crippen LogP contribution in [0.5, 0.6) is 0 Å². The maximum Gasteiger partial charge on any atom is 0.207 e. The van der Waals surface area contributed by atoms with E-state index in [0.29, 0.717) is 15.3 Å². The maximum absolute atomic E-state index is 6.26. The molecule has 2 N–H and O–H groups in total. The molecule has 0 aliphatic rings. The van der Waals surface area contributed by atoms with Gasteiger partial charge in [-0.2, -0.15) is 0 Å². The van der Waals surface area contributed by atoms with Crippen molar-refractivity contribution in [2.75, 3.05) is 10.6 Å². The number of hydrogen-bond donors (Lipinski definition) is 2. The fraction of sp³-hybridized carbons (Fsp3) is 0.0435. The zero-order valence-corrected chi connectivity index (χ0v) is 19.0. The SMILES string of the molecule is Clc1cccc(C(Nc2nnc(-c3ccccc3)s2)Nc2nnc(-c3ccccc3)s2)c1. The Bertz CT molecular complexity index is 1230. The Morgan fingerprint density at radius 3 is 1.66 bits per heavy atom. The quantitative estimate of drug-likeness (QED) is 0.258. The molecule has 158 valence electrons. The lowest BCUT2D eigenvalue weighted by atomic mass is 10.2. The van der Waals surface area contributed by atoms with Crippen LogP contribution in [0.15, 0.2) is 84.9 Å². The van der Waals surface area contributed by atoms with Gasteiger partial charge in [0.15, 0.2) is 0 Å². The summed E-state index contributed by atoms with van der Waals surface area (Å²) in [6, 6.07) is 27.6. The van der Waals surface area contributed by atoms with Crippen molar-refractivity contribution in [3.8, 4) is 21.1 Å². The van der Waals surface area contributed by atoms with E-state index in [1.165, 1.54) is 22.7 Å². The second kappa shape index (κ2) is 9.44. The van der Waals surface area contributed by atoms with Gasteiger partial charge in [0.05, 0.1) is 0 Å². The van der Waals surface area contributed by atoms with Gasteiger partial charge in [0.25, 0.3) is 0 Å². The van der Waals surface area contributed by atoms with E-state index in [1.54, 1.807) is 0 Å². The number of rotatable bonds is 7. The molecule has 5 rings (SSSR count). The molecule has 0 atom stereocenters. The van der Waals surface area contributed by atoms with Crippen LogP contribution in [0, 0.1) is 0 Å². The Hall–Kier alpha value is -3.33. The number of nitrogens with zero attached hydrogens (tertiary/aromatic N) is 4. The van der Waals surface area contributed by atoms with Crippen LogP contribution >= 0.6 is 34.3 Å². The van der Waals surface area contributed by atoms with E-state index in [0.717, 1.165) is 26.7 Å². The minimum atomic E-state index is -0.318. The zero-order chi connectivity index (χ0) is 21.8. The van der Waals surface area contributed by atoms with Crippen molar-refractivity contribution in [3.05, 3.63) is 95.5 Å². The molecule has 0 spiro atoms. The van der Waals surface area contributed by atoms with E-state index in [4.69, 9.17) is 11.6 Å². The Labute approximate surface area is 198 Å². The third-order valence-electron chi connectivity index (χ3n) is 4.61. The van der Waals surface area contributed by atoms with Crippen LogP contribution in [0.4, 0.5) is 10.3 Å². The molecule has 9 heteroatoms. The highest BCUT2D eigenvalue weighted by Crippen LogP contribution is 2.32. The molecular weight excluding hydrogens is 460 g/mol. The summed E-state index contributed by atoms with van der Waals surface area (Å²) in [6.45, 7) is 0. The molecule has 0 unspecified atom stereocenters. The largest absolute Gasteiger partial charge is 0.336 e. The highest BCUT2D eigenvalue weighted by molar-refractivity contribution is 7.18. The van der Waals surface area contributed by atoms with Gasteiger partial charge in [-0.25, -0.2) is 0 Å². The van der Waals surface area contributed by atoms with E-state index in [2.05, 4.69) is 31.0 Å². The molecule has 0 bridgehead atoms. The average Bonchev–Trinajstić information content (AvgIpc) is 3.50. The van der Waals surface area contributed by atoms with Gasteiger partial charge >= 0.3 is 0 Å². The molecule has 0 aliphatic heterocycles. The lowest BCUT2D eigenvalue weighted by Gasteiger charge is -2.19. The Balaban J connectivity index is 1.41. The Kier molecular flexibility index (Phi) is 6.06. The van der Waals surface area contributed by atoms with Crippen molar-refractivity contribution in [1.29, 1.82) is 0 Å². The van der Waals surface area contributed by atoms with Crippen LogP contribution in [-0.2, 0) is 0 Å². The van der Waals surface area contributed by atoms with Crippen molar-refractivity contribution < 1.29 is 0 Å². The number of hydrogen-bond acceptors (Lipinski definition) is 8. The summed E-state index contributed by atoms with van der Waals surface area (Å²) in [5.41, 5.74) is 3.01. The van der Waals surface area contributed by atoms with E-state index in [9.17, 15) is 0 Å². The first-order valence-electron chi connectivity index (χ1n) is 9.81. The van der Waals surface area contributed by atoms with Crippen molar-refractivity contribution in [3.63, 3.8) is 0 Å². The predicted octanol–water partition coefficient (Wildman–Crippen LogP) is 6.60. The lowest BCUT2D eigenvalue weighted by Crippen LogP contribution is -2.19. The summed E-state index contributed by atoms with van der Waals surface area (Å²) in [5, 5.41) is 27.9. The number of anilines is 2. The van der Waals surface area contributed by atoms with Crippen molar-refractivity contribution in [1.82, 2.24) is 20.4 Å². The summed E-state index contributed by atoms with van der Waals surface area (Å²) in [7, 11) is 0. The highest BCUT2D eigenvalue weighted by Gasteiger charge is 2.17. The van der Waals surface area contributed by atoms with E-state index in [-0.39, 0.29) is 6.17 Å². The molecule has 6 nitrogen and oxygen atoms in total. The van der Waals surface area contributed by atoms with Gasteiger partial charge in [0.2, 0.25) is 10.3 Å². The number of benzene rings is 3. The first-order chi connectivity index (χ1) is 15.7. The molecular formula is C23H17ClN6S2. The molecule has 0 saturated heterocycles. The van der Waals surface area contributed by atoms with Gasteiger partial charge in [0.1, 0.15) is 16.2 Å². The molecule has 5 aromatic rings. The zero-order valence-electron chi connectivity index (χ0n) is 16.6.